The molecule has 2 aliphatic heterocycles. The van der Waals surface area contributed by atoms with Crippen LogP contribution in [0.25, 0.3) is 10.9 Å². The number of nitrogens with one attached hydrogen (secondary N) is 2. The lowest BCUT2D eigenvalue weighted by Gasteiger charge is -2.40. The zero-order chi connectivity index (χ0) is 14.8. The van der Waals surface area contributed by atoms with E-state index in [1.54, 1.807) is 0 Å². The van der Waals surface area contributed by atoms with Crippen LogP contribution in [0.2, 0.25) is 0 Å². The van der Waals surface area contributed by atoms with Gasteiger partial charge in [-0.1, -0.05) is 18.2 Å². The van der Waals surface area contributed by atoms with Gasteiger partial charge in [0.25, 0.3) is 0 Å². The van der Waals surface area contributed by atoms with Crippen molar-refractivity contribution in [2.45, 2.75) is 18.9 Å². The lowest BCUT2D eigenvalue weighted by atomic mass is 9.85. The second kappa shape index (κ2) is 6.41. The molecule has 0 radical (unpaired) electrons. The van der Waals surface area contributed by atoms with Gasteiger partial charge in [0.05, 0.1) is 0 Å². The van der Waals surface area contributed by atoms with Crippen molar-refractivity contribution in [2.24, 2.45) is 5.92 Å². The van der Waals surface area contributed by atoms with Crippen molar-refractivity contribution in [1.82, 2.24) is 15.2 Å². The van der Waals surface area contributed by atoms with Gasteiger partial charge < -0.3 is 15.0 Å². The molecule has 0 saturated carbocycles. The summed E-state index contributed by atoms with van der Waals surface area (Å²) in [5, 5.41) is 4.87. The van der Waals surface area contributed by atoms with E-state index in [1.807, 2.05) is 0 Å². The standard InChI is InChI=1S/C18H25N3O/c1-2-4-17-15(3-1)16(13-20-17)18(14-5-11-22-12-6-14)21-9-7-19-8-10-21/h1-4,13-14,18-20H,5-12H2/t18-/m1/s1. The van der Waals surface area contributed by atoms with E-state index in [0.29, 0.717) is 12.0 Å². The summed E-state index contributed by atoms with van der Waals surface area (Å²) in [6.07, 6.45) is 4.59. The SMILES string of the molecule is c1ccc2c([C@@H](C3CCOCC3)N3CCNCC3)c[nH]c2c1. The fourth-order valence-corrected chi connectivity index (χ4v) is 4.08. The first-order valence-corrected chi connectivity index (χ1v) is 8.52. The van der Waals surface area contributed by atoms with Gasteiger partial charge in [-0.3, -0.25) is 4.90 Å². The van der Waals surface area contributed by atoms with Crippen LogP contribution in [-0.4, -0.2) is 49.3 Å². The molecule has 118 valence electrons. The monoisotopic (exact) mass is 299 g/mol. The van der Waals surface area contributed by atoms with Crippen LogP contribution in [0.5, 0.6) is 0 Å². The van der Waals surface area contributed by atoms with Crippen LogP contribution >= 0.6 is 0 Å². The van der Waals surface area contributed by atoms with E-state index in [1.165, 1.54) is 29.3 Å². The Hall–Kier alpha value is -1.36. The second-order valence-corrected chi connectivity index (χ2v) is 6.47. The van der Waals surface area contributed by atoms with Gasteiger partial charge in [0, 0.05) is 62.5 Å². The molecule has 4 nitrogen and oxygen atoms in total. The largest absolute Gasteiger partial charge is 0.381 e. The van der Waals surface area contributed by atoms with Crippen molar-refractivity contribution in [1.29, 1.82) is 0 Å². The van der Waals surface area contributed by atoms with Gasteiger partial charge in [-0.15, -0.1) is 0 Å². The molecule has 2 saturated heterocycles. The van der Waals surface area contributed by atoms with Gasteiger partial charge in [0.15, 0.2) is 0 Å². The Balaban J connectivity index is 1.71. The number of hydrogen-bond acceptors (Lipinski definition) is 3. The molecule has 1 atom stereocenters. The van der Waals surface area contributed by atoms with E-state index in [9.17, 15) is 0 Å². The number of ether oxygens (including phenoxy) is 1. The molecule has 4 rings (SSSR count). The first-order valence-electron chi connectivity index (χ1n) is 8.52. The highest BCUT2D eigenvalue weighted by Crippen LogP contribution is 2.38. The number of fused-ring (bicyclic) bond motifs is 1. The van der Waals surface area contributed by atoms with E-state index in [4.69, 9.17) is 4.74 Å². The quantitative estimate of drug-likeness (QED) is 0.915. The van der Waals surface area contributed by atoms with Crippen LogP contribution in [0.15, 0.2) is 30.5 Å². The third kappa shape index (κ3) is 2.67. The van der Waals surface area contributed by atoms with Crippen LogP contribution < -0.4 is 5.32 Å². The molecule has 0 unspecified atom stereocenters. The molecule has 22 heavy (non-hydrogen) atoms. The van der Waals surface area contributed by atoms with Crippen molar-refractivity contribution < 1.29 is 4.74 Å². The minimum atomic E-state index is 0.516. The van der Waals surface area contributed by atoms with Gasteiger partial charge in [0.2, 0.25) is 0 Å². The Labute approximate surface area is 131 Å². The van der Waals surface area contributed by atoms with Crippen LogP contribution in [0.4, 0.5) is 0 Å². The smallest absolute Gasteiger partial charge is 0.0469 e. The van der Waals surface area contributed by atoms with Crippen LogP contribution in [0.3, 0.4) is 0 Å². The first kappa shape index (κ1) is 14.2. The third-order valence-electron chi connectivity index (χ3n) is 5.20. The lowest BCUT2D eigenvalue weighted by molar-refractivity contribution is 0.0217. The van der Waals surface area contributed by atoms with E-state index < -0.39 is 0 Å². The Kier molecular flexibility index (Phi) is 4.15. The van der Waals surface area contributed by atoms with Gasteiger partial charge >= 0.3 is 0 Å². The average Bonchev–Trinajstić information content (AvgIpc) is 3.01. The fourth-order valence-electron chi connectivity index (χ4n) is 4.08. The number of aromatic amines is 1. The van der Waals surface area contributed by atoms with Crippen molar-refractivity contribution in [2.75, 3.05) is 39.4 Å². The van der Waals surface area contributed by atoms with E-state index in [2.05, 4.69) is 45.7 Å². The zero-order valence-corrected chi connectivity index (χ0v) is 13.1. The summed E-state index contributed by atoms with van der Waals surface area (Å²) in [6.45, 7) is 6.30. The second-order valence-electron chi connectivity index (χ2n) is 6.47. The number of hydrogen-bond donors (Lipinski definition) is 2. The Bertz CT molecular complexity index is 594. The topological polar surface area (TPSA) is 40.3 Å². The number of rotatable bonds is 3. The van der Waals surface area contributed by atoms with E-state index in [0.717, 1.165) is 39.4 Å². The highest BCUT2D eigenvalue weighted by Gasteiger charge is 2.32. The number of benzene rings is 1. The number of H-pyrrole nitrogens is 1. The van der Waals surface area contributed by atoms with Crippen molar-refractivity contribution in [3.63, 3.8) is 0 Å². The Morgan fingerprint density at radius 1 is 1.09 bits per heavy atom. The van der Waals surface area contributed by atoms with Crippen molar-refractivity contribution in [3.05, 3.63) is 36.0 Å². The minimum absolute atomic E-state index is 0.516. The predicted octanol–water partition coefficient (Wildman–Crippen LogP) is 2.54. The molecule has 1 aromatic heterocycles. The van der Waals surface area contributed by atoms with Crippen molar-refractivity contribution >= 4 is 10.9 Å². The summed E-state index contributed by atoms with van der Waals surface area (Å²) in [7, 11) is 0. The molecule has 3 heterocycles. The molecular weight excluding hydrogens is 274 g/mol. The maximum atomic E-state index is 5.60. The van der Waals surface area contributed by atoms with Crippen molar-refractivity contribution in [3.8, 4) is 0 Å². The normalized spacial score (nSPS) is 22.9. The van der Waals surface area contributed by atoms with Gasteiger partial charge in [0.1, 0.15) is 0 Å². The molecule has 2 fully saturated rings. The molecule has 2 aromatic rings. The van der Waals surface area contributed by atoms with E-state index >= 15 is 0 Å². The third-order valence-corrected chi connectivity index (χ3v) is 5.20. The first-order chi connectivity index (χ1) is 10.9. The average molecular weight is 299 g/mol. The molecule has 1 aromatic carbocycles. The van der Waals surface area contributed by atoms with Crippen LogP contribution in [0, 0.1) is 5.92 Å². The fraction of sp³-hybridized carbons (Fsp3) is 0.556. The minimum Gasteiger partial charge on any atom is -0.381 e. The maximum Gasteiger partial charge on any atom is 0.0469 e. The summed E-state index contributed by atoms with van der Waals surface area (Å²) < 4.78 is 5.60. The number of para-hydroxylation sites is 1. The molecular formula is C18H25N3O. The Morgan fingerprint density at radius 2 is 1.86 bits per heavy atom. The molecule has 0 spiro atoms. The Morgan fingerprint density at radius 3 is 2.68 bits per heavy atom. The predicted molar refractivity (Wildman–Crippen MR) is 89.0 cm³/mol. The molecule has 0 amide bonds. The number of piperazine rings is 1. The molecule has 2 N–H and O–H groups in total. The molecule has 2 aliphatic rings. The van der Waals surface area contributed by atoms with Gasteiger partial charge in [-0.05, 0) is 30.4 Å². The van der Waals surface area contributed by atoms with Gasteiger partial charge in [-0.2, -0.15) is 0 Å². The van der Waals surface area contributed by atoms with E-state index in [-0.39, 0.29) is 0 Å². The molecule has 0 bridgehead atoms. The number of aromatic nitrogens is 1. The summed E-state index contributed by atoms with van der Waals surface area (Å²) in [4.78, 5) is 6.16. The van der Waals surface area contributed by atoms with Gasteiger partial charge in [-0.25, -0.2) is 0 Å². The summed E-state index contributed by atoms with van der Waals surface area (Å²) in [5.74, 6) is 0.700. The summed E-state index contributed by atoms with van der Waals surface area (Å²) >= 11 is 0. The van der Waals surface area contributed by atoms with Crippen LogP contribution in [0.1, 0.15) is 24.4 Å². The summed E-state index contributed by atoms with van der Waals surface area (Å²) in [5.41, 5.74) is 2.73. The molecule has 0 aliphatic carbocycles. The van der Waals surface area contributed by atoms with Crippen LogP contribution in [-0.2, 0) is 4.74 Å². The lowest BCUT2D eigenvalue weighted by Crippen LogP contribution is -2.47. The molecule has 4 heteroatoms. The number of nitrogens with zero attached hydrogens (tertiary/aromatic N) is 1. The maximum absolute atomic E-state index is 5.60. The highest BCUT2D eigenvalue weighted by molar-refractivity contribution is 5.83. The highest BCUT2D eigenvalue weighted by atomic mass is 16.5. The summed E-state index contributed by atoms with van der Waals surface area (Å²) in [6, 6.07) is 9.21. The zero-order valence-electron chi connectivity index (χ0n) is 13.1.